The lowest BCUT2D eigenvalue weighted by Crippen LogP contribution is -2.33. The Hall–Kier alpha value is -0.540. The molecule has 0 amide bonds. The smallest absolute Gasteiger partial charge is 0.238 e. The Bertz CT molecular complexity index is 714. The van der Waals surface area contributed by atoms with Gasteiger partial charge in [-0.1, -0.05) is 23.2 Å². The fraction of sp³-hybridized carbons (Fsp3) is 0.400. The number of hydrogen-bond acceptors (Lipinski definition) is 4. The quantitative estimate of drug-likeness (QED) is 0.860. The zero-order chi connectivity index (χ0) is 15.9. The molecule has 0 aliphatic carbocycles. The summed E-state index contributed by atoms with van der Waals surface area (Å²) in [6.07, 6.45) is 0. The highest BCUT2D eigenvalue weighted by Gasteiger charge is 2.30. The van der Waals surface area contributed by atoms with Gasteiger partial charge in [-0.2, -0.15) is 0 Å². The summed E-state index contributed by atoms with van der Waals surface area (Å²) >= 11 is 11.7. The molecule has 114 valence electrons. The monoisotopic (exact) mass is 360 g/mol. The van der Waals surface area contributed by atoms with Crippen molar-refractivity contribution in [2.45, 2.75) is 30.4 Å². The first-order chi connectivity index (χ1) is 8.75. The predicted octanol–water partition coefficient (Wildman–Crippen LogP) is 2.18. The predicted molar refractivity (Wildman–Crippen MR) is 80.1 cm³/mol. The van der Waals surface area contributed by atoms with E-state index < -0.39 is 24.8 Å². The lowest BCUT2D eigenvalue weighted by atomic mass is 10.3. The lowest BCUT2D eigenvalue weighted by Gasteiger charge is -2.21. The van der Waals surface area contributed by atoms with Gasteiger partial charge in [-0.05, 0) is 32.9 Å². The van der Waals surface area contributed by atoms with E-state index in [0.29, 0.717) is 0 Å². The van der Waals surface area contributed by atoms with Gasteiger partial charge in [0, 0.05) is 0 Å². The van der Waals surface area contributed by atoms with Gasteiger partial charge in [0.05, 0.1) is 25.4 Å². The third kappa shape index (κ3) is 3.76. The zero-order valence-electron chi connectivity index (χ0n) is 10.9. The molecule has 0 atom stereocenters. The van der Waals surface area contributed by atoms with Gasteiger partial charge in [0.2, 0.25) is 20.0 Å². The highest BCUT2D eigenvalue weighted by Crippen LogP contribution is 2.35. The summed E-state index contributed by atoms with van der Waals surface area (Å²) < 4.78 is 47.7. The van der Waals surface area contributed by atoms with E-state index >= 15 is 0 Å². The summed E-state index contributed by atoms with van der Waals surface area (Å²) in [7, 11) is -7.73. The number of rotatable bonds is 3. The van der Waals surface area contributed by atoms with Crippen LogP contribution >= 0.6 is 23.2 Å². The molecule has 10 heteroatoms. The average Bonchev–Trinajstić information content (AvgIpc) is 2.20. The van der Waals surface area contributed by atoms with E-state index in [-0.39, 0.29) is 20.6 Å². The van der Waals surface area contributed by atoms with Crippen molar-refractivity contribution in [2.24, 2.45) is 5.14 Å². The van der Waals surface area contributed by atoms with Crippen molar-refractivity contribution in [2.75, 3.05) is 4.72 Å². The number of hydrogen-bond donors (Lipinski definition) is 2. The van der Waals surface area contributed by atoms with Gasteiger partial charge in [0.25, 0.3) is 0 Å². The Balaban J connectivity index is 3.38. The second-order valence-corrected chi connectivity index (χ2v) is 9.84. The second kappa shape index (κ2) is 5.34. The van der Waals surface area contributed by atoms with E-state index in [4.69, 9.17) is 28.3 Å². The van der Waals surface area contributed by atoms with Gasteiger partial charge in [-0.3, -0.25) is 4.72 Å². The minimum absolute atomic E-state index is 0.0874. The third-order valence-corrected chi connectivity index (χ3v) is 5.96. The minimum Gasteiger partial charge on any atom is -0.280 e. The van der Waals surface area contributed by atoms with Crippen molar-refractivity contribution >= 4 is 48.9 Å². The van der Waals surface area contributed by atoms with Crippen LogP contribution < -0.4 is 9.86 Å². The Morgan fingerprint density at radius 2 is 1.45 bits per heavy atom. The minimum atomic E-state index is -3.98. The highest BCUT2D eigenvalue weighted by molar-refractivity contribution is 7.94. The fourth-order valence-corrected chi connectivity index (χ4v) is 3.28. The van der Waals surface area contributed by atoms with Crippen molar-refractivity contribution in [3.8, 4) is 0 Å². The van der Waals surface area contributed by atoms with E-state index in [2.05, 4.69) is 4.72 Å². The third-order valence-electron chi connectivity index (χ3n) is 2.39. The van der Waals surface area contributed by atoms with E-state index in [0.717, 1.165) is 12.1 Å². The number of anilines is 1. The Labute approximate surface area is 128 Å². The molecule has 1 rings (SSSR count). The van der Waals surface area contributed by atoms with Gasteiger partial charge in [-0.15, -0.1) is 0 Å². The van der Waals surface area contributed by atoms with Crippen LogP contribution in [-0.4, -0.2) is 21.6 Å². The average molecular weight is 361 g/mol. The van der Waals surface area contributed by atoms with Crippen LogP contribution in [0.15, 0.2) is 17.0 Å². The Morgan fingerprint density at radius 3 is 1.75 bits per heavy atom. The summed E-state index contributed by atoms with van der Waals surface area (Å²) in [5.41, 5.74) is -0.0874. The van der Waals surface area contributed by atoms with Gasteiger partial charge < -0.3 is 0 Å². The summed E-state index contributed by atoms with van der Waals surface area (Å²) in [5.74, 6) is 0. The van der Waals surface area contributed by atoms with Crippen molar-refractivity contribution in [1.82, 2.24) is 0 Å². The number of primary sulfonamides is 1. The van der Waals surface area contributed by atoms with Gasteiger partial charge >= 0.3 is 0 Å². The van der Waals surface area contributed by atoms with Crippen LogP contribution in [-0.2, 0) is 20.0 Å². The Morgan fingerprint density at radius 1 is 1.05 bits per heavy atom. The molecule has 3 N–H and O–H groups in total. The number of sulfonamides is 2. The molecule has 0 aromatic heterocycles. The molecule has 20 heavy (non-hydrogen) atoms. The topological polar surface area (TPSA) is 106 Å². The maximum Gasteiger partial charge on any atom is 0.238 e. The normalized spacial score (nSPS) is 13.3. The van der Waals surface area contributed by atoms with Crippen molar-refractivity contribution < 1.29 is 16.8 Å². The molecular formula is C10H14Cl2N2O4S2. The van der Waals surface area contributed by atoms with E-state index in [9.17, 15) is 16.8 Å². The molecular weight excluding hydrogens is 347 g/mol. The van der Waals surface area contributed by atoms with Gasteiger partial charge in [0.1, 0.15) is 0 Å². The van der Waals surface area contributed by atoms with Crippen molar-refractivity contribution in [1.29, 1.82) is 0 Å². The maximum absolute atomic E-state index is 12.0. The summed E-state index contributed by atoms with van der Waals surface area (Å²) in [4.78, 5) is -0.300. The standard InChI is InChI=1S/C10H14Cl2N2O4S2/c1-10(2,3)20(17,18)14-9-7(11)4-6(5-8(9)12)19(13,15)16/h4-5,14H,1-3H3,(H2,13,15,16). The molecule has 0 radical (unpaired) electrons. The van der Waals surface area contributed by atoms with Gasteiger partial charge in [0.15, 0.2) is 0 Å². The van der Waals surface area contributed by atoms with Crippen LogP contribution in [0, 0.1) is 0 Å². The first-order valence-corrected chi connectivity index (χ1v) is 9.08. The molecule has 1 aromatic rings. The van der Waals surface area contributed by atoms with Crippen LogP contribution in [0.1, 0.15) is 20.8 Å². The largest absolute Gasteiger partial charge is 0.280 e. The first kappa shape index (κ1) is 17.5. The number of halogens is 2. The second-order valence-electron chi connectivity index (χ2n) is 5.02. The molecule has 0 unspecified atom stereocenters. The van der Waals surface area contributed by atoms with E-state index in [1.165, 1.54) is 20.8 Å². The molecule has 0 saturated carbocycles. The zero-order valence-corrected chi connectivity index (χ0v) is 14.1. The van der Waals surface area contributed by atoms with Crippen molar-refractivity contribution in [3.63, 3.8) is 0 Å². The molecule has 1 aromatic carbocycles. The first-order valence-electron chi connectivity index (χ1n) is 5.30. The molecule has 0 spiro atoms. The number of nitrogens with two attached hydrogens (primary N) is 1. The Kier molecular flexibility index (Phi) is 4.68. The fourth-order valence-electron chi connectivity index (χ4n) is 1.10. The summed E-state index contributed by atoms with van der Waals surface area (Å²) in [6, 6.07) is 2.06. The number of nitrogens with one attached hydrogen (secondary N) is 1. The van der Waals surface area contributed by atoms with Crippen LogP contribution in [0.3, 0.4) is 0 Å². The van der Waals surface area contributed by atoms with Crippen LogP contribution in [0.2, 0.25) is 10.0 Å². The van der Waals surface area contributed by atoms with Crippen LogP contribution in [0.25, 0.3) is 0 Å². The molecule has 0 saturated heterocycles. The molecule has 0 bridgehead atoms. The van der Waals surface area contributed by atoms with E-state index in [1.54, 1.807) is 0 Å². The maximum atomic E-state index is 12.0. The summed E-state index contributed by atoms with van der Waals surface area (Å²) in [5, 5.41) is 4.64. The molecule has 0 heterocycles. The molecule has 0 fully saturated rings. The lowest BCUT2D eigenvalue weighted by molar-refractivity contribution is 0.566. The highest BCUT2D eigenvalue weighted by atomic mass is 35.5. The SMILES string of the molecule is CC(C)(C)S(=O)(=O)Nc1c(Cl)cc(S(N)(=O)=O)cc1Cl. The van der Waals surface area contributed by atoms with Crippen molar-refractivity contribution in [3.05, 3.63) is 22.2 Å². The number of benzene rings is 1. The van der Waals surface area contributed by atoms with Crippen LogP contribution in [0.4, 0.5) is 5.69 Å². The molecule has 6 nitrogen and oxygen atoms in total. The molecule has 0 aliphatic heterocycles. The summed E-state index contributed by atoms with van der Waals surface area (Å²) in [6.45, 7) is 4.49. The van der Waals surface area contributed by atoms with E-state index in [1.807, 2.05) is 0 Å². The molecule has 0 aliphatic rings. The van der Waals surface area contributed by atoms with Gasteiger partial charge in [-0.25, -0.2) is 22.0 Å². The van der Waals surface area contributed by atoms with Crippen LogP contribution in [0.5, 0.6) is 0 Å².